The van der Waals surface area contributed by atoms with Crippen molar-refractivity contribution in [2.45, 2.75) is 103 Å². The summed E-state index contributed by atoms with van der Waals surface area (Å²) in [5.74, 6) is -3.21. The highest BCUT2D eigenvalue weighted by molar-refractivity contribution is 5.98. The van der Waals surface area contributed by atoms with E-state index >= 15 is 0 Å². The molecule has 2 N–H and O–H groups in total. The zero-order chi connectivity index (χ0) is 33.6. The number of aliphatic hydroxyl groups is 2. The molecule has 0 saturated heterocycles. The molecule has 45 heavy (non-hydrogen) atoms. The number of hydrogen-bond acceptors (Lipinski definition) is 10. The number of Topliss-reactive ketones (excluding diaryl/α,β-unsaturated/α-hetero) is 1. The molecule has 10 nitrogen and oxygen atoms in total. The summed E-state index contributed by atoms with van der Waals surface area (Å²) < 4.78 is 17.7. The fraction of sp³-hybridized carbons (Fsp3) is 0.600. The lowest BCUT2D eigenvalue weighted by Gasteiger charge is -2.61. The van der Waals surface area contributed by atoms with Crippen molar-refractivity contribution < 1.29 is 43.6 Å². The van der Waals surface area contributed by atoms with Crippen molar-refractivity contribution in [1.29, 1.82) is 0 Å². The minimum Gasteiger partial charge on any atom is -0.459 e. The number of benzene rings is 1. The number of rotatable bonds is 7. The van der Waals surface area contributed by atoms with Crippen LogP contribution in [0.3, 0.4) is 0 Å². The minimum absolute atomic E-state index is 0.0617. The second kappa shape index (κ2) is 12.5. The van der Waals surface area contributed by atoms with Crippen LogP contribution in [0.1, 0.15) is 78.8 Å². The Bertz CT molecular complexity index is 1400. The molecule has 1 aromatic rings. The van der Waals surface area contributed by atoms with Crippen LogP contribution in [-0.4, -0.2) is 82.9 Å². The summed E-state index contributed by atoms with van der Waals surface area (Å²) in [6.07, 6.45) is -4.60. The molecule has 10 heteroatoms. The molecule has 0 amide bonds. The van der Waals surface area contributed by atoms with Gasteiger partial charge in [0.25, 0.3) is 0 Å². The van der Waals surface area contributed by atoms with Crippen LogP contribution in [0.4, 0.5) is 0 Å². The third kappa shape index (κ3) is 6.00. The van der Waals surface area contributed by atoms with Gasteiger partial charge in [-0.05, 0) is 56.1 Å². The summed E-state index contributed by atoms with van der Waals surface area (Å²) in [6, 6.07) is 9.36. The lowest BCUT2D eigenvalue weighted by Crippen LogP contribution is -2.70. The van der Waals surface area contributed by atoms with Crippen molar-refractivity contribution in [3.8, 4) is 0 Å². The number of aliphatic hydroxyl groups excluding tert-OH is 1. The molecule has 2 bridgehead atoms. The molecule has 0 radical (unpaired) electrons. The fourth-order valence-corrected chi connectivity index (χ4v) is 7.95. The number of esters is 3. The number of nitrogens with zero attached hydrogens (tertiary/aromatic N) is 1. The monoisotopic (exact) mass is 625 g/mol. The number of fused-ring (bicyclic) bond motifs is 3. The third-order valence-electron chi connectivity index (χ3n) is 10.5. The molecule has 3 aliphatic rings. The van der Waals surface area contributed by atoms with Gasteiger partial charge < -0.3 is 29.3 Å². The Morgan fingerprint density at radius 1 is 1.04 bits per heavy atom. The van der Waals surface area contributed by atoms with E-state index in [1.807, 2.05) is 49.3 Å². The van der Waals surface area contributed by atoms with E-state index in [9.17, 15) is 29.4 Å². The molecular weight excluding hydrogens is 578 g/mol. The quantitative estimate of drug-likeness (QED) is 0.261. The Kier molecular flexibility index (Phi) is 9.56. The molecule has 0 aliphatic heterocycles. The van der Waals surface area contributed by atoms with Gasteiger partial charge >= 0.3 is 17.9 Å². The molecule has 1 unspecified atom stereocenters. The average Bonchev–Trinajstić information content (AvgIpc) is 2.94. The van der Waals surface area contributed by atoms with Gasteiger partial charge in [-0.15, -0.1) is 0 Å². The SMILES string of the molecule is C=C1[C@@H](OC(=O)CC(c2ccccc2)N(C)C)CC[C@@]2(C)[C@@H](O)[C@H](OC(C)=O)C3=C(C)C(=O)C[C@@](O)([C@@H](OC(C)=O)[C@H]12)C3(C)C. The molecule has 2 saturated carbocycles. The van der Waals surface area contributed by atoms with Crippen LogP contribution in [0, 0.1) is 16.7 Å². The van der Waals surface area contributed by atoms with Gasteiger partial charge in [0.1, 0.15) is 23.9 Å². The van der Waals surface area contributed by atoms with Crippen LogP contribution in [-0.2, 0) is 33.4 Å². The molecule has 1 aromatic carbocycles. The first-order chi connectivity index (χ1) is 20.9. The lowest BCUT2D eigenvalue weighted by molar-refractivity contribution is -0.231. The van der Waals surface area contributed by atoms with Gasteiger partial charge in [-0.3, -0.25) is 19.2 Å². The number of ether oxygens (including phenoxy) is 3. The summed E-state index contributed by atoms with van der Waals surface area (Å²) in [5, 5.41) is 24.8. The van der Waals surface area contributed by atoms with Crippen LogP contribution in [0.5, 0.6) is 0 Å². The first-order valence-electron chi connectivity index (χ1n) is 15.5. The number of carbonyl (C=O) groups excluding carboxylic acids is 4. The van der Waals surface area contributed by atoms with Crippen molar-refractivity contribution >= 4 is 23.7 Å². The molecule has 3 aliphatic carbocycles. The molecular formula is C35H47NO9. The van der Waals surface area contributed by atoms with Crippen molar-refractivity contribution in [2.24, 2.45) is 16.7 Å². The Morgan fingerprint density at radius 3 is 2.20 bits per heavy atom. The van der Waals surface area contributed by atoms with Crippen molar-refractivity contribution in [2.75, 3.05) is 14.1 Å². The third-order valence-corrected chi connectivity index (χ3v) is 10.5. The van der Waals surface area contributed by atoms with Crippen LogP contribution < -0.4 is 0 Å². The normalized spacial score (nSPS) is 33.4. The van der Waals surface area contributed by atoms with E-state index in [2.05, 4.69) is 6.58 Å². The van der Waals surface area contributed by atoms with E-state index in [1.165, 1.54) is 13.8 Å². The van der Waals surface area contributed by atoms with Gasteiger partial charge in [-0.1, -0.05) is 57.7 Å². The fourth-order valence-electron chi connectivity index (χ4n) is 7.95. The molecule has 246 valence electrons. The zero-order valence-electron chi connectivity index (χ0n) is 27.6. The van der Waals surface area contributed by atoms with Crippen LogP contribution in [0.25, 0.3) is 0 Å². The maximum absolute atomic E-state index is 13.5. The van der Waals surface area contributed by atoms with Crippen molar-refractivity contribution in [3.05, 3.63) is 59.2 Å². The standard InChI is InChI=1S/C35H47NO9/c1-19-25(39)18-35(42)32(44-22(4)38)29-20(2)26(45-27(40)17-24(36(8)9)23-13-11-10-12-14-23)15-16-34(29,7)31(41)30(43-21(3)37)28(19)33(35,5)6/h10-14,24,26,29-32,41-42H,2,15-18H2,1,3-9H3/t24?,26-,29-,30+,31-,32-,34+,35+/m0/s1. The van der Waals surface area contributed by atoms with Gasteiger partial charge in [0.15, 0.2) is 11.9 Å². The summed E-state index contributed by atoms with van der Waals surface area (Å²) >= 11 is 0. The predicted molar refractivity (Wildman–Crippen MR) is 166 cm³/mol. The van der Waals surface area contributed by atoms with Gasteiger partial charge in [-0.25, -0.2) is 0 Å². The maximum Gasteiger partial charge on any atom is 0.308 e. The highest BCUT2D eigenvalue weighted by Gasteiger charge is 2.68. The van der Waals surface area contributed by atoms with E-state index in [0.29, 0.717) is 5.57 Å². The van der Waals surface area contributed by atoms with Crippen LogP contribution >= 0.6 is 0 Å². The largest absolute Gasteiger partial charge is 0.459 e. The van der Waals surface area contributed by atoms with E-state index in [0.717, 1.165) is 5.56 Å². The topological polar surface area (TPSA) is 140 Å². The Labute approximate surface area is 265 Å². The Morgan fingerprint density at radius 2 is 1.64 bits per heavy atom. The highest BCUT2D eigenvalue weighted by atomic mass is 16.6. The van der Waals surface area contributed by atoms with Gasteiger partial charge in [0, 0.05) is 43.1 Å². The second-order valence-electron chi connectivity index (χ2n) is 13.9. The Balaban J connectivity index is 1.79. The number of allylic oxidation sites excluding steroid dienone is 1. The van der Waals surface area contributed by atoms with E-state index < -0.39 is 70.5 Å². The van der Waals surface area contributed by atoms with Gasteiger partial charge in [0.05, 0.1) is 6.42 Å². The molecule has 0 heterocycles. The molecule has 8 atom stereocenters. The predicted octanol–water partition coefficient (Wildman–Crippen LogP) is 3.85. The van der Waals surface area contributed by atoms with E-state index in [1.54, 1.807) is 27.7 Å². The highest BCUT2D eigenvalue weighted by Crippen LogP contribution is 2.61. The van der Waals surface area contributed by atoms with Crippen molar-refractivity contribution in [1.82, 2.24) is 4.90 Å². The number of carbonyl (C=O) groups is 4. The number of hydrogen-bond donors (Lipinski definition) is 2. The first-order valence-corrected chi connectivity index (χ1v) is 15.5. The Hall–Kier alpha value is -3.34. The number of ketones is 1. The average molecular weight is 626 g/mol. The van der Waals surface area contributed by atoms with Crippen molar-refractivity contribution in [3.63, 3.8) is 0 Å². The van der Waals surface area contributed by atoms with Crippen LogP contribution in [0.2, 0.25) is 0 Å². The van der Waals surface area contributed by atoms with Gasteiger partial charge in [0.2, 0.25) is 0 Å². The maximum atomic E-state index is 13.5. The van der Waals surface area contributed by atoms with Gasteiger partial charge in [-0.2, -0.15) is 0 Å². The van der Waals surface area contributed by atoms with Crippen LogP contribution in [0.15, 0.2) is 53.6 Å². The summed E-state index contributed by atoms with van der Waals surface area (Å²) in [7, 11) is 3.76. The molecule has 0 spiro atoms. The molecule has 2 fully saturated rings. The molecule has 0 aromatic heterocycles. The summed E-state index contributed by atoms with van der Waals surface area (Å²) in [5.41, 5.74) is -2.58. The zero-order valence-corrected chi connectivity index (χ0v) is 27.6. The summed E-state index contributed by atoms with van der Waals surface area (Å²) in [4.78, 5) is 53.9. The van der Waals surface area contributed by atoms with E-state index in [-0.39, 0.29) is 42.9 Å². The second-order valence-corrected chi connectivity index (χ2v) is 13.9. The molecule has 4 rings (SSSR count). The lowest BCUT2D eigenvalue weighted by atomic mass is 9.48. The minimum atomic E-state index is -1.98. The smallest absolute Gasteiger partial charge is 0.308 e. The van der Waals surface area contributed by atoms with E-state index in [4.69, 9.17) is 14.2 Å². The summed E-state index contributed by atoms with van der Waals surface area (Å²) in [6.45, 7) is 13.5. The first kappa shape index (κ1) is 34.5.